The standard InChI is InChI=1S/C20H32N4O.C2H4O2/c1-20(2,3)24-12-8-16(9-13-24)19(25)22-17-4-6-18(7-5-17)23-14-10-21-11-15-23;1-2(3)4/h4-7,16,21H,8-15H2,1-3H3,(H,22,25);1H3,(H,3,4). The van der Waals surface area contributed by atoms with Gasteiger partial charge in [0.1, 0.15) is 0 Å². The molecule has 2 saturated heterocycles. The Kier molecular flexibility index (Phi) is 8.46. The number of rotatable bonds is 3. The van der Waals surface area contributed by atoms with Crippen molar-refractivity contribution in [2.24, 2.45) is 5.92 Å². The van der Waals surface area contributed by atoms with Crippen LogP contribution in [0.25, 0.3) is 0 Å². The molecule has 3 rings (SSSR count). The zero-order chi connectivity index (χ0) is 21.4. The van der Waals surface area contributed by atoms with Crippen molar-refractivity contribution in [1.29, 1.82) is 0 Å². The highest BCUT2D eigenvalue weighted by atomic mass is 16.4. The zero-order valence-corrected chi connectivity index (χ0v) is 18.2. The average Bonchev–Trinajstić information content (AvgIpc) is 2.68. The molecule has 0 bridgehead atoms. The fourth-order valence-electron chi connectivity index (χ4n) is 3.74. The summed E-state index contributed by atoms with van der Waals surface area (Å²) in [6, 6.07) is 8.28. The number of carbonyl (C=O) groups excluding carboxylic acids is 1. The summed E-state index contributed by atoms with van der Waals surface area (Å²) in [7, 11) is 0. The zero-order valence-electron chi connectivity index (χ0n) is 18.2. The second kappa shape index (κ2) is 10.6. The molecule has 0 unspecified atom stereocenters. The molecule has 7 nitrogen and oxygen atoms in total. The van der Waals surface area contributed by atoms with E-state index in [1.165, 1.54) is 5.69 Å². The molecule has 1 amide bonds. The number of carboxylic acid groups (broad SMARTS) is 1. The number of nitrogens with one attached hydrogen (secondary N) is 2. The van der Waals surface area contributed by atoms with Crippen molar-refractivity contribution in [3.05, 3.63) is 24.3 Å². The Morgan fingerprint density at radius 2 is 1.55 bits per heavy atom. The molecule has 29 heavy (non-hydrogen) atoms. The van der Waals surface area contributed by atoms with Gasteiger partial charge in [-0.1, -0.05) is 0 Å². The first-order valence-corrected chi connectivity index (χ1v) is 10.5. The second-order valence-electron chi connectivity index (χ2n) is 8.72. The van der Waals surface area contributed by atoms with E-state index in [9.17, 15) is 4.79 Å². The van der Waals surface area contributed by atoms with Crippen LogP contribution in [0.5, 0.6) is 0 Å². The summed E-state index contributed by atoms with van der Waals surface area (Å²) >= 11 is 0. The normalized spacial score (nSPS) is 18.6. The molecule has 7 heteroatoms. The first-order chi connectivity index (χ1) is 13.7. The average molecular weight is 405 g/mol. The van der Waals surface area contributed by atoms with E-state index in [2.05, 4.69) is 53.3 Å². The van der Waals surface area contributed by atoms with Gasteiger partial charge in [0.2, 0.25) is 5.91 Å². The highest BCUT2D eigenvalue weighted by Gasteiger charge is 2.30. The van der Waals surface area contributed by atoms with E-state index in [1.54, 1.807) is 0 Å². The van der Waals surface area contributed by atoms with Crippen LogP contribution < -0.4 is 15.5 Å². The van der Waals surface area contributed by atoms with Crippen LogP contribution in [-0.2, 0) is 9.59 Å². The van der Waals surface area contributed by atoms with Crippen molar-refractivity contribution < 1.29 is 14.7 Å². The predicted octanol–water partition coefficient (Wildman–Crippen LogP) is 2.64. The molecule has 0 aromatic heterocycles. The van der Waals surface area contributed by atoms with Gasteiger partial charge < -0.3 is 20.6 Å². The Morgan fingerprint density at radius 1 is 1.03 bits per heavy atom. The maximum Gasteiger partial charge on any atom is 0.300 e. The Hall–Kier alpha value is -2.12. The van der Waals surface area contributed by atoms with E-state index in [1.807, 2.05) is 12.1 Å². The van der Waals surface area contributed by atoms with Gasteiger partial charge in [-0.2, -0.15) is 0 Å². The predicted molar refractivity (Wildman–Crippen MR) is 118 cm³/mol. The fraction of sp³-hybridized carbons (Fsp3) is 0.636. The first kappa shape index (κ1) is 23.2. The molecule has 0 aliphatic carbocycles. The molecule has 2 fully saturated rings. The lowest BCUT2D eigenvalue weighted by Gasteiger charge is -2.40. The van der Waals surface area contributed by atoms with Crippen molar-refractivity contribution in [2.45, 2.75) is 46.1 Å². The third-order valence-corrected chi connectivity index (χ3v) is 5.43. The van der Waals surface area contributed by atoms with Crippen LogP contribution in [0.4, 0.5) is 11.4 Å². The number of aliphatic carboxylic acids is 1. The van der Waals surface area contributed by atoms with Crippen LogP contribution in [0.2, 0.25) is 0 Å². The van der Waals surface area contributed by atoms with E-state index >= 15 is 0 Å². The van der Waals surface area contributed by atoms with Crippen molar-refractivity contribution in [3.63, 3.8) is 0 Å². The smallest absolute Gasteiger partial charge is 0.300 e. The summed E-state index contributed by atoms with van der Waals surface area (Å²) in [5.74, 6) is -0.532. The number of carboxylic acids is 1. The van der Waals surface area contributed by atoms with Crippen molar-refractivity contribution in [1.82, 2.24) is 10.2 Å². The highest BCUT2D eigenvalue weighted by Crippen LogP contribution is 2.25. The van der Waals surface area contributed by atoms with Crippen LogP contribution in [0.3, 0.4) is 0 Å². The molecule has 2 heterocycles. The number of amides is 1. The summed E-state index contributed by atoms with van der Waals surface area (Å²) in [5, 5.41) is 13.9. The number of nitrogens with zero attached hydrogens (tertiary/aromatic N) is 2. The van der Waals surface area contributed by atoms with Crippen LogP contribution in [0.1, 0.15) is 40.5 Å². The summed E-state index contributed by atoms with van der Waals surface area (Å²) in [4.78, 5) is 26.4. The molecular formula is C22H36N4O3. The number of hydrogen-bond acceptors (Lipinski definition) is 5. The SMILES string of the molecule is CC(=O)O.CC(C)(C)N1CCC(C(=O)Nc2ccc(N3CCNCC3)cc2)CC1. The molecule has 162 valence electrons. The minimum Gasteiger partial charge on any atom is -0.481 e. The van der Waals surface area contributed by atoms with Gasteiger partial charge in [-0.15, -0.1) is 0 Å². The Morgan fingerprint density at radius 3 is 2.03 bits per heavy atom. The molecule has 0 spiro atoms. The second-order valence-corrected chi connectivity index (χ2v) is 8.72. The van der Waals surface area contributed by atoms with Gasteiger partial charge in [0, 0.05) is 55.9 Å². The van der Waals surface area contributed by atoms with E-state index in [4.69, 9.17) is 9.90 Å². The minimum atomic E-state index is -0.833. The molecule has 0 atom stereocenters. The van der Waals surface area contributed by atoms with Crippen LogP contribution >= 0.6 is 0 Å². The number of carbonyl (C=O) groups is 2. The maximum absolute atomic E-state index is 12.6. The lowest BCUT2D eigenvalue weighted by Crippen LogP contribution is -2.47. The van der Waals surface area contributed by atoms with Gasteiger partial charge >= 0.3 is 0 Å². The van der Waals surface area contributed by atoms with E-state index in [0.717, 1.165) is 64.7 Å². The van der Waals surface area contributed by atoms with Crippen LogP contribution in [0.15, 0.2) is 24.3 Å². The Bertz CT molecular complexity index is 652. The molecule has 1 aromatic rings. The summed E-state index contributed by atoms with van der Waals surface area (Å²) in [6.07, 6.45) is 1.89. The molecule has 1 aromatic carbocycles. The van der Waals surface area contributed by atoms with Gasteiger partial charge in [0.15, 0.2) is 0 Å². The van der Waals surface area contributed by atoms with Gasteiger partial charge in [0.05, 0.1) is 0 Å². The minimum absolute atomic E-state index is 0.131. The number of piperidine rings is 1. The van der Waals surface area contributed by atoms with Gasteiger partial charge in [-0.25, -0.2) is 0 Å². The number of anilines is 2. The largest absolute Gasteiger partial charge is 0.481 e. The van der Waals surface area contributed by atoms with Crippen molar-refractivity contribution >= 4 is 23.3 Å². The number of benzene rings is 1. The van der Waals surface area contributed by atoms with Gasteiger partial charge in [-0.05, 0) is 71.0 Å². The van der Waals surface area contributed by atoms with Crippen LogP contribution in [0, 0.1) is 5.92 Å². The summed E-state index contributed by atoms with van der Waals surface area (Å²) in [5.41, 5.74) is 2.33. The molecule has 2 aliphatic heterocycles. The summed E-state index contributed by atoms with van der Waals surface area (Å²) in [6.45, 7) is 14.0. The van der Waals surface area contributed by atoms with Gasteiger partial charge in [0.25, 0.3) is 5.97 Å². The van der Waals surface area contributed by atoms with Crippen LogP contribution in [-0.4, -0.2) is 66.7 Å². The number of likely N-dealkylation sites (tertiary alicyclic amines) is 1. The highest BCUT2D eigenvalue weighted by molar-refractivity contribution is 5.92. The quantitative estimate of drug-likeness (QED) is 0.718. The first-order valence-electron chi connectivity index (χ1n) is 10.5. The monoisotopic (exact) mass is 404 g/mol. The van der Waals surface area contributed by atoms with E-state index < -0.39 is 5.97 Å². The molecular weight excluding hydrogens is 368 g/mol. The molecule has 2 aliphatic rings. The van der Waals surface area contributed by atoms with Crippen molar-refractivity contribution in [3.8, 4) is 0 Å². The van der Waals surface area contributed by atoms with Crippen molar-refractivity contribution in [2.75, 3.05) is 49.5 Å². The third kappa shape index (κ3) is 7.66. The maximum atomic E-state index is 12.6. The lowest BCUT2D eigenvalue weighted by molar-refractivity contribution is -0.134. The topological polar surface area (TPSA) is 84.9 Å². The van der Waals surface area contributed by atoms with Gasteiger partial charge in [-0.3, -0.25) is 14.5 Å². The fourth-order valence-corrected chi connectivity index (χ4v) is 3.74. The lowest BCUT2D eigenvalue weighted by atomic mass is 9.92. The summed E-state index contributed by atoms with van der Waals surface area (Å²) < 4.78 is 0. The third-order valence-electron chi connectivity index (χ3n) is 5.43. The molecule has 0 radical (unpaired) electrons. The number of hydrogen-bond donors (Lipinski definition) is 3. The number of piperazine rings is 1. The Labute approximate surface area is 174 Å². The Balaban J connectivity index is 0.000000687. The molecule has 3 N–H and O–H groups in total. The van der Waals surface area contributed by atoms with E-state index in [-0.39, 0.29) is 17.4 Å². The van der Waals surface area contributed by atoms with E-state index in [0.29, 0.717) is 0 Å². The molecule has 0 saturated carbocycles.